The van der Waals surface area contributed by atoms with Crippen molar-refractivity contribution in [1.29, 1.82) is 0 Å². The van der Waals surface area contributed by atoms with Crippen LogP contribution in [0.15, 0.2) is 36.4 Å². The summed E-state index contributed by atoms with van der Waals surface area (Å²) in [7, 11) is 0. The van der Waals surface area contributed by atoms with Crippen LogP contribution in [0.5, 0.6) is 0 Å². The van der Waals surface area contributed by atoms with Crippen molar-refractivity contribution in [2.24, 2.45) is 0 Å². The van der Waals surface area contributed by atoms with Crippen LogP contribution < -0.4 is 10.6 Å². The van der Waals surface area contributed by atoms with E-state index in [2.05, 4.69) is 23.3 Å². The summed E-state index contributed by atoms with van der Waals surface area (Å²) in [6.45, 7) is 11.0. The van der Waals surface area contributed by atoms with Gasteiger partial charge >= 0.3 is 6.09 Å². The fourth-order valence-electron chi connectivity index (χ4n) is 4.14. The molecule has 2 N–H and O–H groups in total. The van der Waals surface area contributed by atoms with Gasteiger partial charge in [0.1, 0.15) is 17.7 Å². The minimum Gasteiger partial charge on any atom is -0.444 e. The van der Waals surface area contributed by atoms with Crippen LogP contribution >= 0.6 is 24.2 Å². The molecule has 1 saturated carbocycles. The zero-order valence-corrected chi connectivity index (χ0v) is 23.9. The number of benzene rings is 2. The van der Waals surface area contributed by atoms with Crippen LogP contribution in [0.2, 0.25) is 5.02 Å². The number of rotatable bonds is 8. The molecule has 0 aliphatic heterocycles. The van der Waals surface area contributed by atoms with E-state index < -0.39 is 23.8 Å². The molecule has 9 heteroatoms. The fourth-order valence-corrected chi connectivity index (χ4v) is 4.66. The number of carbonyl (C=O) groups is 3. The summed E-state index contributed by atoms with van der Waals surface area (Å²) >= 11 is 10.8. The lowest BCUT2D eigenvalue weighted by molar-refractivity contribution is -0.141. The standard InChI is InChI=1S/C28H36ClN3O4S/c1-16-10-11-17(2)20(14-16)24(25(33)31-23-18(3)8-7-9-21(23)29)32(19-12-13-19)26(34)22(15-37)30-27(35)36-28(4,5)6/h7-11,14,19,22,24,37H,12-13,15H2,1-6H3,(H,30,35)(H,31,33). The Hall–Kier alpha value is -2.71. The Morgan fingerprint density at radius 3 is 2.35 bits per heavy atom. The molecule has 1 fully saturated rings. The lowest BCUT2D eigenvalue weighted by Crippen LogP contribution is -2.54. The SMILES string of the molecule is Cc1ccc(C)c(C(C(=O)Nc2c(C)cccc2Cl)N(C(=O)C(CS)NC(=O)OC(C)(C)C)C2CC2)c1. The number of thiol groups is 1. The second-order valence-corrected chi connectivity index (χ2v) is 11.3. The molecular formula is C28H36ClN3O4S. The van der Waals surface area contributed by atoms with Gasteiger partial charge in [-0.25, -0.2) is 4.79 Å². The molecule has 0 radical (unpaired) electrons. The molecule has 7 nitrogen and oxygen atoms in total. The minimum absolute atomic E-state index is 0.0477. The third kappa shape index (κ3) is 7.42. The predicted octanol–water partition coefficient (Wildman–Crippen LogP) is 5.76. The summed E-state index contributed by atoms with van der Waals surface area (Å²) in [5.74, 6) is -0.716. The molecule has 2 aromatic carbocycles. The maximum absolute atomic E-state index is 14.0. The highest BCUT2D eigenvalue weighted by Crippen LogP contribution is 2.38. The highest BCUT2D eigenvalue weighted by molar-refractivity contribution is 7.80. The minimum atomic E-state index is -0.971. The largest absolute Gasteiger partial charge is 0.444 e. The van der Waals surface area contributed by atoms with Crippen LogP contribution in [0, 0.1) is 20.8 Å². The van der Waals surface area contributed by atoms with Crippen molar-refractivity contribution < 1.29 is 19.1 Å². The van der Waals surface area contributed by atoms with Gasteiger partial charge in [0.2, 0.25) is 5.91 Å². The van der Waals surface area contributed by atoms with Crippen molar-refractivity contribution in [3.63, 3.8) is 0 Å². The number of ether oxygens (including phenoxy) is 1. The zero-order chi connectivity index (χ0) is 27.5. The second kappa shape index (κ2) is 11.8. The second-order valence-electron chi connectivity index (χ2n) is 10.5. The number of hydrogen-bond acceptors (Lipinski definition) is 5. The Labute approximate surface area is 229 Å². The van der Waals surface area contributed by atoms with Crippen LogP contribution in [-0.4, -0.2) is 46.2 Å². The van der Waals surface area contributed by atoms with E-state index in [1.807, 2.05) is 51.1 Å². The Bertz CT molecular complexity index is 1160. The van der Waals surface area contributed by atoms with Gasteiger partial charge in [-0.1, -0.05) is 47.5 Å². The van der Waals surface area contributed by atoms with E-state index in [0.717, 1.165) is 35.1 Å². The number of hydrogen-bond donors (Lipinski definition) is 3. The number of anilines is 1. The molecule has 2 unspecified atom stereocenters. The summed E-state index contributed by atoms with van der Waals surface area (Å²) < 4.78 is 5.36. The maximum atomic E-state index is 14.0. The van der Waals surface area contributed by atoms with E-state index >= 15 is 0 Å². The topological polar surface area (TPSA) is 87.7 Å². The van der Waals surface area contributed by atoms with Crippen molar-refractivity contribution in [1.82, 2.24) is 10.2 Å². The molecular weight excluding hydrogens is 510 g/mol. The van der Waals surface area contributed by atoms with Gasteiger partial charge < -0.3 is 20.3 Å². The van der Waals surface area contributed by atoms with Crippen molar-refractivity contribution in [2.45, 2.75) is 78.1 Å². The van der Waals surface area contributed by atoms with Gasteiger partial charge in [-0.05, 0) is 77.1 Å². The molecule has 200 valence electrons. The monoisotopic (exact) mass is 545 g/mol. The Morgan fingerprint density at radius 1 is 1.11 bits per heavy atom. The zero-order valence-electron chi connectivity index (χ0n) is 22.2. The van der Waals surface area contributed by atoms with E-state index in [1.165, 1.54) is 0 Å². The third-order valence-corrected chi connectivity index (χ3v) is 6.77. The van der Waals surface area contributed by atoms with Gasteiger partial charge in [-0.3, -0.25) is 9.59 Å². The van der Waals surface area contributed by atoms with E-state index in [0.29, 0.717) is 10.7 Å². The number of nitrogens with one attached hydrogen (secondary N) is 2. The van der Waals surface area contributed by atoms with Crippen LogP contribution in [-0.2, 0) is 14.3 Å². The van der Waals surface area contributed by atoms with Crippen molar-refractivity contribution in [3.05, 3.63) is 63.7 Å². The van der Waals surface area contributed by atoms with Crippen LogP contribution in [0.4, 0.5) is 10.5 Å². The van der Waals surface area contributed by atoms with E-state index in [-0.39, 0.29) is 23.6 Å². The summed E-state index contributed by atoms with van der Waals surface area (Å²) in [6, 6.07) is 9.18. The molecule has 2 aromatic rings. The van der Waals surface area contributed by atoms with Crippen molar-refractivity contribution in [2.75, 3.05) is 11.1 Å². The van der Waals surface area contributed by atoms with E-state index in [9.17, 15) is 14.4 Å². The number of amides is 3. The summed E-state index contributed by atoms with van der Waals surface area (Å²) in [4.78, 5) is 42.0. The number of nitrogens with zero attached hydrogens (tertiary/aromatic N) is 1. The van der Waals surface area contributed by atoms with Gasteiger partial charge in [0.15, 0.2) is 0 Å². The number of halogens is 1. The van der Waals surface area contributed by atoms with Crippen LogP contribution in [0.25, 0.3) is 0 Å². The fraction of sp³-hybridized carbons (Fsp3) is 0.464. The maximum Gasteiger partial charge on any atom is 0.408 e. The Balaban J connectivity index is 2.03. The first-order chi connectivity index (χ1) is 17.3. The molecule has 0 heterocycles. The molecule has 3 amide bonds. The Morgan fingerprint density at radius 2 is 1.78 bits per heavy atom. The normalized spacial score (nSPS) is 14.9. The molecule has 1 aliphatic carbocycles. The quantitative estimate of drug-likeness (QED) is 0.368. The number of carbonyl (C=O) groups excluding carboxylic acids is 3. The highest BCUT2D eigenvalue weighted by atomic mass is 35.5. The number of para-hydroxylation sites is 1. The molecule has 1 aliphatic rings. The first-order valence-electron chi connectivity index (χ1n) is 12.4. The molecule has 37 heavy (non-hydrogen) atoms. The number of aryl methyl sites for hydroxylation is 3. The lowest BCUT2D eigenvalue weighted by atomic mass is 9.96. The van der Waals surface area contributed by atoms with Crippen LogP contribution in [0.3, 0.4) is 0 Å². The molecule has 3 rings (SSSR count). The van der Waals surface area contributed by atoms with Crippen molar-refractivity contribution >= 4 is 47.8 Å². The smallest absolute Gasteiger partial charge is 0.408 e. The average Bonchev–Trinajstić information content (AvgIpc) is 3.63. The van der Waals surface area contributed by atoms with Gasteiger partial charge in [0, 0.05) is 11.8 Å². The molecule has 2 atom stereocenters. The summed E-state index contributed by atoms with van der Waals surface area (Å²) in [5.41, 5.74) is 3.15. The van der Waals surface area contributed by atoms with E-state index in [4.69, 9.17) is 16.3 Å². The lowest BCUT2D eigenvalue weighted by Gasteiger charge is -2.35. The summed E-state index contributed by atoms with van der Waals surface area (Å²) in [6.07, 6.45) is 0.809. The molecule has 0 bridgehead atoms. The predicted molar refractivity (Wildman–Crippen MR) is 150 cm³/mol. The first kappa shape index (κ1) is 28.9. The van der Waals surface area contributed by atoms with Gasteiger partial charge in [-0.15, -0.1) is 0 Å². The van der Waals surface area contributed by atoms with Gasteiger partial charge in [-0.2, -0.15) is 12.6 Å². The third-order valence-electron chi connectivity index (χ3n) is 6.09. The highest BCUT2D eigenvalue weighted by Gasteiger charge is 2.44. The van der Waals surface area contributed by atoms with Gasteiger partial charge in [0.05, 0.1) is 10.7 Å². The first-order valence-corrected chi connectivity index (χ1v) is 13.4. The number of alkyl carbamates (subject to hydrolysis) is 1. The molecule has 0 aromatic heterocycles. The van der Waals surface area contributed by atoms with Crippen molar-refractivity contribution in [3.8, 4) is 0 Å². The van der Waals surface area contributed by atoms with Gasteiger partial charge in [0.25, 0.3) is 5.91 Å². The molecule has 0 saturated heterocycles. The van der Waals surface area contributed by atoms with Crippen LogP contribution in [0.1, 0.15) is 61.9 Å². The Kier molecular flexibility index (Phi) is 9.18. The summed E-state index contributed by atoms with van der Waals surface area (Å²) in [5, 5.41) is 6.03. The average molecular weight is 546 g/mol. The van der Waals surface area contributed by atoms with E-state index in [1.54, 1.807) is 31.7 Å². The molecule has 0 spiro atoms.